The summed E-state index contributed by atoms with van der Waals surface area (Å²) < 4.78 is 1.97. The Morgan fingerprint density at radius 3 is 2.48 bits per heavy atom. The zero-order chi connectivity index (χ0) is 14.7. The molecule has 0 aliphatic heterocycles. The van der Waals surface area contributed by atoms with Crippen LogP contribution in [-0.2, 0) is 19.4 Å². The molecule has 3 rings (SSSR count). The molecule has 1 aromatic carbocycles. The van der Waals surface area contributed by atoms with Crippen LogP contribution in [-0.4, -0.2) is 19.7 Å². The highest BCUT2D eigenvalue weighted by Crippen LogP contribution is 2.21. The van der Waals surface area contributed by atoms with Crippen LogP contribution >= 0.6 is 11.3 Å². The van der Waals surface area contributed by atoms with Gasteiger partial charge >= 0.3 is 0 Å². The molecular formula is C16H18N4S. The highest BCUT2D eigenvalue weighted by Gasteiger charge is 2.12. The molecule has 0 amide bonds. The van der Waals surface area contributed by atoms with Crippen molar-refractivity contribution in [3.05, 3.63) is 52.9 Å². The van der Waals surface area contributed by atoms with Crippen molar-refractivity contribution in [1.82, 2.24) is 19.7 Å². The molecule has 0 aliphatic rings. The van der Waals surface area contributed by atoms with E-state index < -0.39 is 0 Å². The number of benzene rings is 1. The Morgan fingerprint density at radius 1 is 1.10 bits per heavy atom. The molecule has 0 unspecified atom stereocenters. The van der Waals surface area contributed by atoms with Gasteiger partial charge in [-0.25, -0.2) is 9.67 Å². The summed E-state index contributed by atoms with van der Waals surface area (Å²) in [5.41, 5.74) is 4.44. The van der Waals surface area contributed by atoms with Gasteiger partial charge in [0.2, 0.25) is 0 Å². The molecule has 108 valence electrons. The zero-order valence-corrected chi connectivity index (χ0v) is 13.1. The van der Waals surface area contributed by atoms with E-state index in [0.29, 0.717) is 0 Å². The quantitative estimate of drug-likeness (QED) is 0.723. The second-order valence-corrected chi connectivity index (χ2v) is 5.77. The summed E-state index contributed by atoms with van der Waals surface area (Å²) in [6.07, 6.45) is 3.70. The van der Waals surface area contributed by atoms with E-state index in [2.05, 4.69) is 53.2 Å². The van der Waals surface area contributed by atoms with Crippen molar-refractivity contribution in [2.24, 2.45) is 0 Å². The molecule has 0 saturated carbocycles. The monoisotopic (exact) mass is 298 g/mol. The van der Waals surface area contributed by atoms with Crippen LogP contribution in [0.3, 0.4) is 0 Å². The van der Waals surface area contributed by atoms with Gasteiger partial charge in [0, 0.05) is 19.2 Å². The Labute approximate surface area is 128 Å². The van der Waals surface area contributed by atoms with Crippen LogP contribution in [0, 0.1) is 0 Å². The Bertz CT molecular complexity index is 698. The van der Waals surface area contributed by atoms with Gasteiger partial charge < -0.3 is 0 Å². The van der Waals surface area contributed by atoms with E-state index in [0.717, 1.165) is 35.9 Å². The Hall–Kier alpha value is -2.01. The van der Waals surface area contributed by atoms with Gasteiger partial charge in [0.1, 0.15) is 5.82 Å². The molecule has 0 bridgehead atoms. The van der Waals surface area contributed by atoms with Crippen LogP contribution in [0.4, 0.5) is 0 Å². The highest BCUT2D eigenvalue weighted by atomic mass is 32.1. The van der Waals surface area contributed by atoms with Crippen LogP contribution < -0.4 is 0 Å². The number of nitrogens with zero attached hydrogens (tertiary/aromatic N) is 4. The first-order chi connectivity index (χ1) is 10.3. The van der Waals surface area contributed by atoms with Gasteiger partial charge in [0.15, 0.2) is 5.82 Å². The Morgan fingerprint density at radius 2 is 1.86 bits per heavy atom. The number of thiazole rings is 1. The average Bonchev–Trinajstić information content (AvgIpc) is 3.17. The summed E-state index contributed by atoms with van der Waals surface area (Å²) in [5.74, 6) is 1.78. The molecule has 3 aromatic rings. The predicted molar refractivity (Wildman–Crippen MR) is 85.4 cm³/mol. The Balaban J connectivity index is 1.87. The number of aromatic nitrogens is 4. The largest absolute Gasteiger partial charge is 0.252 e. The van der Waals surface area contributed by atoms with Crippen LogP contribution in [0.25, 0.3) is 10.7 Å². The van der Waals surface area contributed by atoms with Gasteiger partial charge in [0.25, 0.3) is 0 Å². The molecule has 0 spiro atoms. The van der Waals surface area contributed by atoms with Gasteiger partial charge in [-0.2, -0.15) is 0 Å². The lowest BCUT2D eigenvalue weighted by Gasteiger charge is -2.04. The average molecular weight is 298 g/mol. The lowest BCUT2D eigenvalue weighted by Crippen LogP contribution is -2.04. The van der Waals surface area contributed by atoms with E-state index in [4.69, 9.17) is 0 Å². The molecule has 21 heavy (non-hydrogen) atoms. The molecule has 4 nitrogen and oxygen atoms in total. The van der Waals surface area contributed by atoms with Crippen LogP contribution in [0.2, 0.25) is 0 Å². The number of hydrogen-bond donors (Lipinski definition) is 0. The molecule has 2 aromatic heterocycles. The summed E-state index contributed by atoms with van der Waals surface area (Å²) in [6.45, 7) is 5.09. The molecule has 0 atom stereocenters. The maximum absolute atomic E-state index is 4.68. The normalized spacial score (nSPS) is 11.0. The molecule has 0 N–H and O–H groups in total. The molecular weight excluding hydrogens is 280 g/mol. The second-order valence-electron chi connectivity index (χ2n) is 4.88. The molecule has 0 radical (unpaired) electrons. The SMILES string of the molecule is CCc1ccc(Cc2nc(-c3cncs3)nn2CC)cc1. The fraction of sp³-hybridized carbons (Fsp3) is 0.312. The number of rotatable bonds is 5. The van der Waals surface area contributed by atoms with E-state index in [1.807, 2.05) is 16.4 Å². The fourth-order valence-corrected chi connectivity index (χ4v) is 2.81. The Kier molecular flexibility index (Phi) is 4.10. The molecule has 0 saturated heterocycles. The minimum atomic E-state index is 0.777. The minimum absolute atomic E-state index is 0.777. The van der Waals surface area contributed by atoms with E-state index in [1.165, 1.54) is 11.1 Å². The smallest absolute Gasteiger partial charge is 0.193 e. The summed E-state index contributed by atoms with van der Waals surface area (Å²) >= 11 is 1.57. The first kappa shape index (κ1) is 13.9. The number of aryl methyl sites for hydroxylation is 2. The summed E-state index contributed by atoms with van der Waals surface area (Å²) in [6, 6.07) is 8.73. The zero-order valence-electron chi connectivity index (χ0n) is 12.3. The second kappa shape index (κ2) is 6.18. The first-order valence-electron chi connectivity index (χ1n) is 7.20. The first-order valence-corrected chi connectivity index (χ1v) is 8.08. The molecule has 0 fully saturated rings. The van der Waals surface area contributed by atoms with E-state index in [9.17, 15) is 0 Å². The third-order valence-corrected chi connectivity index (χ3v) is 4.26. The van der Waals surface area contributed by atoms with Crippen molar-refractivity contribution in [1.29, 1.82) is 0 Å². The maximum Gasteiger partial charge on any atom is 0.193 e. The van der Waals surface area contributed by atoms with Crippen molar-refractivity contribution in [2.75, 3.05) is 0 Å². The van der Waals surface area contributed by atoms with Gasteiger partial charge in [-0.15, -0.1) is 16.4 Å². The molecule has 2 heterocycles. The van der Waals surface area contributed by atoms with Crippen LogP contribution in [0.5, 0.6) is 0 Å². The summed E-state index contributed by atoms with van der Waals surface area (Å²) in [7, 11) is 0. The molecule has 0 aliphatic carbocycles. The lowest BCUT2D eigenvalue weighted by molar-refractivity contribution is 0.625. The van der Waals surface area contributed by atoms with Gasteiger partial charge in [-0.3, -0.25) is 4.98 Å². The summed E-state index contributed by atoms with van der Waals surface area (Å²) in [5, 5.41) is 4.58. The van der Waals surface area contributed by atoms with E-state index >= 15 is 0 Å². The van der Waals surface area contributed by atoms with Crippen molar-refractivity contribution in [3.63, 3.8) is 0 Å². The minimum Gasteiger partial charge on any atom is -0.252 e. The van der Waals surface area contributed by atoms with Crippen molar-refractivity contribution in [3.8, 4) is 10.7 Å². The highest BCUT2D eigenvalue weighted by molar-refractivity contribution is 7.13. The van der Waals surface area contributed by atoms with Gasteiger partial charge in [-0.05, 0) is 24.5 Å². The van der Waals surface area contributed by atoms with E-state index in [-0.39, 0.29) is 0 Å². The fourth-order valence-electron chi connectivity index (χ4n) is 2.26. The third-order valence-electron chi connectivity index (χ3n) is 3.49. The van der Waals surface area contributed by atoms with Crippen molar-refractivity contribution >= 4 is 11.3 Å². The lowest BCUT2D eigenvalue weighted by atomic mass is 10.1. The van der Waals surface area contributed by atoms with E-state index in [1.54, 1.807) is 11.3 Å². The number of hydrogen-bond acceptors (Lipinski definition) is 4. The summed E-state index contributed by atoms with van der Waals surface area (Å²) in [4.78, 5) is 9.80. The van der Waals surface area contributed by atoms with Crippen LogP contribution in [0.1, 0.15) is 30.8 Å². The van der Waals surface area contributed by atoms with Crippen molar-refractivity contribution < 1.29 is 0 Å². The standard InChI is InChI=1S/C16H18N4S/c1-3-12-5-7-13(8-6-12)9-15-18-16(19-20(15)4-2)14-10-17-11-21-14/h5-8,10-11H,3-4,9H2,1-2H3. The third kappa shape index (κ3) is 3.03. The predicted octanol–water partition coefficient (Wildman–Crippen LogP) is 3.57. The van der Waals surface area contributed by atoms with Crippen molar-refractivity contribution in [2.45, 2.75) is 33.2 Å². The van der Waals surface area contributed by atoms with Gasteiger partial charge in [-0.1, -0.05) is 31.2 Å². The maximum atomic E-state index is 4.68. The molecule has 5 heteroatoms. The topological polar surface area (TPSA) is 43.6 Å². The van der Waals surface area contributed by atoms with Gasteiger partial charge in [0.05, 0.1) is 10.4 Å². The van der Waals surface area contributed by atoms with Crippen LogP contribution in [0.15, 0.2) is 36.0 Å².